The first-order valence-corrected chi connectivity index (χ1v) is 9.86. The number of aryl methyl sites for hydroxylation is 1. The molecule has 0 saturated carbocycles. The molecule has 0 fully saturated rings. The fourth-order valence-electron chi connectivity index (χ4n) is 4.16. The highest BCUT2D eigenvalue weighted by molar-refractivity contribution is 5.72. The van der Waals surface area contributed by atoms with Gasteiger partial charge in [-0.3, -0.25) is 9.59 Å². The number of fused-ring (bicyclic) bond motifs is 1. The van der Waals surface area contributed by atoms with Crippen LogP contribution in [0.2, 0.25) is 0 Å². The third kappa shape index (κ3) is 3.94. The smallest absolute Gasteiger partial charge is 0.306 e. The summed E-state index contributed by atoms with van der Waals surface area (Å²) in [6.45, 7) is 0. The second kappa shape index (κ2) is 7.95. The van der Waals surface area contributed by atoms with Gasteiger partial charge in [0.2, 0.25) is 0 Å². The van der Waals surface area contributed by atoms with Crippen molar-refractivity contribution >= 4 is 11.9 Å². The highest BCUT2D eigenvalue weighted by Crippen LogP contribution is 2.35. The molecule has 1 aliphatic rings. The molecule has 2 N–H and O–H groups in total. The molecule has 0 saturated heterocycles. The van der Waals surface area contributed by atoms with Crippen molar-refractivity contribution in [2.24, 2.45) is 5.92 Å². The zero-order valence-corrected chi connectivity index (χ0v) is 16.0. The largest absolute Gasteiger partial charge is 0.481 e. The fraction of sp³-hybridized carbons (Fsp3) is 0.250. The summed E-state index contributed by atoms with van der Waals surface area (Å²) in [5.74, 6) is -1.89. The van der Waals surface area contributed by atoms with Crippen LogP contribution in [0.25, 0.3) is 16.9 Å². The number of carbonyl (C=O) groups is 2. The van der Waals surface area contributed by atoms with Crippen molar-refractivity contribution in [2.45, 2.75) is 32.1 Å². The SMILES string of the molecule is O=C(O)CCc1cccc(-n2c(-c3ccccc3)cc3c2CCC(C(=O)O)C3)c1. The summed E-state index contributed by atoms with van der Waals surface area (Å²) in [5.41, 5.74) is 6.31. The Morgan fingerprint density at radius 1 is 1.00 bits per heavy atom. The van der Waals surface area contributed by atoms with Crippen molar-refractivity contribution in [2.75, 3.05) is 0 Å². The van der Waals surface area contributed by atoms with Crippen molar-refractivity contribution in [3.8, 4) is 16.9 Å². The third-order valence-electron chi connectivity index (χ3n) is 5.60. The van der Waals surface area contributed by atoms with Crippen LogP contribution in [0, 0.1) is 5.92 Å². The lowest BCUT2D eigenvalue weighted by Gasteiger charge is -2.22. The minimum Gasteiger partial charge on any atom is -0.481 e. The van der Waals surface area contributed by atoms with E-state index in [9.17, 15) is 14.7 Å². The standard InChI is InChI=1S/C24H23NO4/c26-23(27)12-9-16-5-4-8-20(13-16)25-21-11-10-18(24(28)29)14-19(21)15-22(25)17-6-2-1-3-7-17/h1-8,13,15,18H,9-12,14H2,(H,26,27)(H,28,29). The van der Waals surface area contributed by atoms with Gasteiger partial charge in [-0.25, -0.2) is 0 Å². The summed E-state index contributed by atoms with van der Waals surface area (Å²) in [6.07, 6.45) is 2.45. The predicted octanol–water partition coefficient (Wildman–Crippen LogP) is 4.35. The van der Waals surface area contributed by atoms with Gasteiger partial charge in [-0.1, -0.05) is 42.5 Å². The number of rotatable bonds is 6. The molecule has 1 heterocycles. The average Bonchev–Trinajstić information content (AvgIpc) is 3.12. The van der Waals surface area contributed by atoms with Crippen LogP contribution in [0.5, 0.6) is 0 Å². The number of benzene rings is 2. The van der Waals surface area contributed by atoms with Crippen molar-refractivity contribution in [1.29, 1.82) is 0 Å². The molecule has 0 aliphatic heterocycles. The van der Waals surface area contributed by atoms with Gasteiger partial charge in [0, 0.05) is 17.8 Å². The van der Waals surface area contributed by atoms with Crippen LogP contribution >= 0.6 is 0 Å². The van der Waals surface area contributed by atoms with Crippen LogP contribution in [0.3, 0.4) is 0 Å². The molecule has 5 heteroatoms. The molecular formula is C24H23NO4. The van der Waals surface area contributed by atoms with E-state index in [0.29, 0.717) is 25.7 Å². The summed E-state index contributed by atoms with van der Waals surface area (Å²) in [4.78, 5) is 22.5. The lowest BCUT2D eigenvalue weighted by atomic mass is 9.87. The number of hydrogen-bond donors (Lipinski definition) is 2. The fourth-order valence-corrected chi connectivity index (χ4v) is 4.16. The zero-order valence-electron chi connectivity index (χ0n) is 16.0. The molecular weight excluding hydrogens is 366 g/mol. The number of aromatic nitrogens is 1. The second-order valence-corrected chi connectivity index (χ2v) is 7.54. The first-order chi connectivity index (χ1) is 14.0. The summed E-state index contributed by atoms with van der Waals surface area (Å²) < 4.78 is 2.22. The Kier molecular flexibility index (Phi) is 5.21. The Bertz CT molecular complexity index is 1050. The summed E-state index contributed by atoms with van der Waals surface area (Å²) in [7, 11) is 0. The van der Waals surface area contributed by atoms with Crippen molar-refractivity contribution in [3.05, 3.63) is 77.5 Å². The van der Waals surface area contributed by atoms with Gasteiger partial charge in [-0.15, -0.1) is 0 Å². The van der Waals surface area contributed by atoms with Crippen LogP contribution in [0.1, 0.15) is 29.7 Å². The van der Waals surface area contributed by atoms with Crippen molar-refractivity contribution in [3.63, 3.8) is 0 Å². The lowest BCUT2D eigenvalue weighted by Crippen LogP contribution is -2.22. The van der Waals surface area contributed by atoms with Crippen LogP contribution in [0.15, 0.2) is 60.7 Å². The number of hydrogen-bond acceptors (Lipinski definition) is 2. The van der Waals surface area contributed by atoms with E-state index in [1.54, 1.807) is 0 Å². The van der Waals surface area contributed by atoms with E-state index in [1.807, 2.05) is 42.5 Å². The molecule has 1 aliphatic carbocycles. The minimum atomic E-state index is -0.807. The van der Waals surface area contributed by atoms with E-state index in [1.165, 1.54) is 0 Å². The predicted molar refractivity (Wildman–Crippen MR) is 110 cm³/mol. The van der Waals surface area contributed by atoms with E-state index in [-0.39, 0.29) is 12.3 Å². The topological polar surface area (TPSA) is 79.5 Å². The third-order valence-corrected chi connectivity index (χ3v) is 5.60. The van der Waals surface area contributed by atoms with Crippen LogP contribution in [0.4, 0.5) is 0 Å². The molecule has 29 heavy (non-hydrogen) atoms. The van der Waals surface area contributed by atoms with Gasteiger partial charge >= 0.3 is 11.9 Å². The van der Waals surface area contributed by atoms with Crippen molar-refractivity contribution < 1.29 is 19.8 Å². The maximum Gasteiger partial charge on any atom is 0.306 e. The Hall–Kier alpha value is -3.34. The normalized spacial score (nSPS) is 15.7. The maximum absolute atomic E-state index is 11.5. The molecule has 1 aromatic heterocycles. The maximum atomic E-state index is 11.5. The number of aliphatic carboxylic acids is 2. The van der Waals surface area contributed by atoms with Gasteiger partial charge in [0.05, 0.1) is 11.6 Å². The summed E-state index contributed by atoms with van der Waals surface area (Å²) in [5, 5.41) is 18.5. The number of carboxylic acids is 2. The van der Waals surface area contributed by atoms with Crippen molar-refractivity contribution in [1.82, 2.24) is 4.57 Å². The molecule has 0 bridgehead atoms. The second-order valence-electron chi connectivity index (χ2n) is 7.54. The van der Waals surface area contributed by atoms with Crippen LogP contribution in [-0.2, 0) is 28.9 Å². The van der Waals surface area contributed by atoms with Crippen LogP contribution < -0.4 is 0 Å². The Morgan fingerprint density at radius 2 is 1.79 bits per heavy atom. The van der Waals surface area contributed by atoms with Gasteiger partial charge in [-0.05, 0) is 60.6 Å². The van der Waals surface area contributed by atoms with Gasteiger partial charge in [0.1, 0.15) is 0 Å². The van der Waals surface area contributed by atoms with E-state index >= 15 is 0 Å². The van der Waals surface area contributed by atoms with E-state index in [4.69, 9.17) is 5.11 Å². The van der Waals surface area contributed by atoms with Crippen LogP contribution in [-0.4, -0.2) is 26.7 Å². The molecule has 0 spiro atoms. The molecule has 0 radical (unpaired) electrons. The van der Waals surface area contributed by atoms with E-state index in [2.05, 4.69) is 22.8 Å². The number of carboxylic acid groups (broad SMARTS) is 2. The van der Waals surface area contributed by atoms with Gasteiger partial charge in [0.15, 0.2) is 0 Å². The molecule has 0 amide bonds. The Balaban J connectivity index is 1.81. The average molecular weight is 389 g/mol. The highest BCUT2D eigenvalue weighted by atomic mass is 16.4. The first kappa shape index (κ1) is 19.0. The zero-order chi connectivity index (χ0) is 20.4. The molecule has 2 aromatic carbocycles. The lowest BCUT2D eigenvalue weighted by molar-refractivity contribution is -0.142. The molecule has 3 aromatic rings. The number of nitrogens with zero attached hydrogens (tertiary/aromatic N) is 1. The molecule has 1 atom stereocenters. The Labute approximate surface area is 169 Å². The molecule has 5 nitrogen and oxygen atoms in total. The van der Waals surface area contributed by atoms with Gasteiger partial charge < -0.3 is 14.8 Å². The highest BCUT2D eigenvalue weighted by Gasteiger charge is 2.28. The van der Waals surface area contributed by atoms with Gasteiger partial charge in [0.25, 0.3) is 0 Å². The van der Waals surface area contributed by atoms with E-state index in [0.717, 1.165) is 33.8 Å². The quantitative estimate of drug-likeness (QED) is 0.657. The first-order valence-electron chi connectivity index (χ1n) is 9.86. The summed E-state index contributed by atoms with van der Waals surface area (Å²) >= 11 is 0. The minimum absolute atomic E-state index is 0.0963. The molecule has 4 rings (SSSR count). The Morgan fingerprint density at radius 3 is 2.52 bits per heavy atom. The monoisotopic (exact) mass is 389 g/mol. The molecule has 148 valence electrons. The summed E-state index contributed by atoms with van der Waals surface area (Å²) in [6, 6.07) is 20.2. The van der Waals surface area contributed by atoms with E-state index < -0.39 is 11.9 Å². The molecule has 1 unspecified atom stereocenters. The van der Waals surface area contributed by atoms with Gasteiger partial charge in [-0.2, -0.15) is 0 Å².